The lowest BCUT2D eigenvalue weighted by Gasteiger charge is -2.17. The summed E-state index contributed by atoms with van der Waals surface area (Å²) in [7, 11) is 0. The first-order valence-electron chi connectivity index (χ1n) is 10.0. The van der Waals surface area contributed by atoms with Gasteiger partial charge in [-0.2, -0.15) is 0 Å². The average Bonchev–Trinajstić information content (AvgIpc) is 2.77. The van der Waals surface area contributed by atoms with Gasteiger partial charge < -0.3 is 5.32 Å². The van der Waals surface area contributed by atoms with Crippen molar-refractivity contribution in [2.24, 2.45) is 0 Å². The van der Waals surface area contributed by atoms with E-state index in [1.165, 1.54) is 21.9 Å². The van der Waals surface area contributed by atoms with E-state index >= 15 is 0 Å². The Balaban J connectivity index is 1.38. The summed E-state index contributed by atoms with van der Waals surface area (Å²) in [5.74, 6) is 0. The van der Waals surface area contributed by atoms with Gasteiger partial charge in [0, 0.05) is 24.3 Å². The van der Waals surface area contributed by atoms with Crippen LogP contribution in [0.3, 0.4) is 0 Å². The minimum atomic E-state index is 0.441. The third-order valence-corrected chi connectivity index (χ3v) is 5.28. The van der Waals surface area contributed by atoms with E-state index in [4.69, 9.17) is 0 Å². The zero-order valence-corrected chi connectivity index (χ0v) is 16.3. The Labute approximate surface area is 167 Å². The standard InChI is InChI=1S/C26H26N2/c1-2-25(27-18-20-12-14-22-8-6-7-11-24(22)16-20)17-21-13-15-26(28-19-21)23-9-4-3-5-10-23/h3-16,19,25,27H,2,17-18H2,1H3. The molecule has 140 valence electrons. The highest BCUT2D eigenvalue weighted by atomic mass is 14.9. The molecule has 2 heteroatoms. The molecule has 0 radical (unpaired) electrons. The second-order valence-corrected chi connectivity index (χ2v) is 7.29. The van der Waals surface area contributed by atoms with Crippen LogP contribution in [0.4, 0.5) is 0 Å². The monoisotopic (exact) mass is 366 g/mol. The Kier molecular flexibility index (Phi) is 5.79. The van der Waals surface area contributed by atoms with Gasteiger partial charge >= 0.3 is 0 Å². The zero-order chi connectivity index (χ0) is 19.2. The van der Waals surface area contributed by atoms with Crippen LogP contribution in [-0.2, 0) is 13.0 Å². The maximum absolute atomic E-state index is 4.66. The number of benzene rings is 3. The van der Waals surface area contributed by atoms with Gasteiger partial charge in [-0.3, -0.25) is 4.98 Å². The summed E-state index contributed by atoms with van der Waals surface area (Å²) in [4.78, 5) is 4.66. The summed E-state index contributed by atoms with van der Waals surface area (Å²) in [6.45, 7) is 3.13. The van der Waals surface area contributed by atoms with Crippen LogP contribution in [-0.4, -0.2) is 11.0 Å². The van der Waals surface area contributed by atoms with Crippen molar-refractivity contribution in [3.63, 3.8) is 0 Å². The Morgan fingerprint density at radius 3 is 2.29 bits per heavy atom. The van der Waals surface area contributed by atoms with Crippen LogP contribution in [0.1, 0.15) is 24.5 Å². The average molecular weight is 367 g/mol. The van der Waals surface area contributed by atoms with Gasteiger partial charge in [0.05, 0.1) is 5.69 Å². The first-order valence-corrected chi connectivity index (χ1v) is 10.0. The quantitative estimate of drug-likeness (QED) is 0.433. The molecule has 3 aromatic carbocycles. The number of nitrogens with one attached hydrogen (secondary N) is 1. The summed E-state index contributed by atoms with van der Waals surface area (Å²) >= 11 is 0. The number of aromatic nitrogens is 1. The van der Waals surface area contributed by atoms with Crippen molar-refractivity contribution in [3.05, 3.63) is 102 Å². The first kappa shape index (κ1) is 18.4. The molecule has 0 fully saturated rings. The van der Waals surface area contributed by atoms with Gasteiger partial charge in [-0.1, -0.05) is 79.7 Å². The minimum Gasteiger partial charge on any atom is -0.310 e. The maximum atomic E-state index is 4.66. The Morgan fingerprint density at radius 2 is 1.54 bits per heavy atom. The van der Waals surface area contributed by atoms with Crippen LogP contribution in [0.5, 0.6) is 0 Å². The van der Waals surface area contributed by atoms with Crippen molar-refractivity contribution >= 4 is 10.8 Å². The van der Waals surface area contributed by atoms with Crippen molar-refractivity contribution < 1.29 is 0 Å². The molecule has 0 spiro atoms. The Hall–Kier alpha value is -2.97. The molecule has 4 aromatic rings. The molecular formula is C26H26N2. The van der Waals surface area contributed by atoms with Crippen LogP contribution in [0.25, 0.3) is 22.0 Å². The lowest BCUT2D eigenvalue weighted by molar-refractivity contribution is 0.494. The molecule has 0 amide bonds. The number of nitrogens with zero attached hydrogens (tertiary/aromatic N) is 1. The molecule has 1 atom stereocenters. The summed E-state index contributed by atoms with van der Waals surface area (Å²) in [5.41, 5.74) is 4.80. The van der Waals surface area contributed by atoms with E-state index in [1.54, 1.807) is 0 Å². The highest BCUT2D eigenvalue weighted by molar-refractivity contribution is 5.82. The SMILES string of the molecule is CCC(Cc1ccc(-c2ccccc2)nc1)NCc1ccc2ccccc2c1. The fraction of sp³-hybridized carbons (Fsp3) is 0.192. The van der Waals surface area contributed by atoms with E-state index in [2.05, 4.69) is 96.1 Å². The van der Waals surface area contributed by atoms with Gasteiger partial charge in [0.2, 0.25) is 0 Å². The number of hydrogen-bond donors (Lipinski definition) is 1. The summed E-state index contributed by atoms with van der Waals surface area (Å²) < 4.78 is 0. The maximum Gasteiger partial charge on any atom is 0.0702 e. The molecule has 28 heavy (non-hydrogen) atoms. The van der Waals surface area contributed by atoms with Gasteiger partial charge in [0.25, 0.3) is 0 Å². The third-order valence-electron chi connectivity index (χ3n) is 5.28. The number of pyridine rings is 1. The minimum absolute atomic E-state index is 0.441. The lowest BCUT2D eigenvalue weighted by Crippen LogP contribution is -2.30. The summed E-state index contributed by atoms with van der Waals surface area (Å²) in [6.07, 6.45) is 4.10. The van der Waals surface area contributed by atoms with E-state index in [0.29, 0.717) is 6.04 Å². The van der Waals surface area contributed by atoms with Crippen molar-refractivity contribution in [2.45, 2.75) is 32.4 Å². The van der Waals surface area contributed by atoms with Crippen LogP contribution >= 0.6 is 0 Å². The number of hydrogen-bond acceptors (Lipinski definition) is 2. The second kappa shape index (κ2) is 8.81. The molecule has 1 aromatic heterocycles. The number of fused-ring (bicyclic) bond motifs is 1. The van der Waals surface area contributed by atoms with Crippen LogP contribution in [0.15, 0.2) is 91.1 Å². The molecule has 0 aliphatic heterocycles. The second-order valence-electron chi connectivity index (χ2n) is 7.29. The molecule has 0 aliphatic carbocycles. The van der Waals surface area contributed by atoms with E-state index in [-0.39, 0.29) is 0 Å². The predicted molar refractivity (Wildman–Crippen MR) is 118 cm³/mol. The van der Waals surface area contributed by atoms with Gasteiger partial charge in [-0.25, -0.2) is 0 Å². The van der Waals surface area contributed by atoms with Gasteiger partial charge in [0.15, 0.2) is 0 Å². The van der Waals surface area contributed by atoms with E-state index in [9.17, 15) is 0 Å². The van der Waals surface area contributed by atoms with E-state index in [1.807, 2.05) is 12.3 Å². The first-order chi connectivity index (χ1) is 13.8. The molecule has 2 nitrogen and oxygen atoms in total. The third kappa shape index (κ3) is 4.47. The molecule has 0 bridgehead atoms. The molecule has 0 saturated heterocycles. The summed E-state index contributed by atoms with van der Waals surface area (Å²) in [5, 5.41) is 6.31. The summed E-state index contributed by atoms with van der Waals surface area (Å²) in [6, 6.07) is 30.3. The van der Waals surface area contributed by atoms with Crippen LogP contribution < -0.4 is 5.32 Å². The molecule has 0 aliphatic rings. The van der Waals surface area contributed by atoms with Crippen molar-refractivity contribution in [1.82, 2.24) is 10.3 Å². The smallest absolute Gasteiger partial charge is 0.0702 e. The Morgan fingerprint density at radius 1 is 0.786 bits per heavy atom. The normalized spacial score (nSPS) is 12.2. The van der Waals surface area contributed by atoms with Gasteiger partial charge in [0.1, 0.15) is 0 Å². The van der Waals surface area contributed by atoms with Gasteiger partial charge in [-0.05, 0) is 46.9 Å². The molecule has 1 heterocycles. The Bertz CT molecular complexity index is 1020. The van der Waals surface area contributed by atoms with Crippen LogP contribution in [0.2, 0.25) is 0 Å². The lowest BCUT2D eigenvalue weighted by atomic mass is 10.0. The highest BCUT2D eigenvalue weighted by Gasteiger charge is 2.08. The molecule has 4 rings (SSSR count). The fourth-order valence-corrected chi connectivity index (χ4v) is 3.58. The van der Waals surface area contributed by atoms with Gasteiger partial charge in [-0.15, -0.1) is 0 Å². The fourth-order valence-electron chi connectivity index (χ4n) is 3.58. The molecule has 0 saturated carbocycles. The number of rotatable bonds is 7. The largest absolute Gasteiger partial charge is 0.310 e. The molecular weight excluding hydrogens is 340 g/mol. The van der Waals surface area contributed by atoms with Crippen LogP contribution in [0, 0.1) is 0 Å². The van der Waals surface area contributed by atoms with Crippen molar-refractivity contribution in [2.75, 3.05) is 0 Å². The molecule has 1 N–H and O–H groups in total. The molecule has 1 unspecified atom stereocenters. The van der Waals surface area contributed by atoms with E-state index < -0.39 is 0 Å². The zero-order valence-electron chi connectivity index (χ0n) is 16.3. The van der Waals surface area contributed by atoms with Crippen molar-refractivity contribution in [3.8, 4) is 11.3 Å². The predicted octanol–water partition coefficient (Wildman–Crippen LogP) is 6.01. The van der Waals surface area contributed by atoms with Crippen molar-refractivity contribution in [1.29, 1.82) is 0 Å². The topological polar surface area (TPSA) is 24.9 Å². The van der Waals surface area contributed by atoms with E-state index in [0.717, 1.165) is 30.6 Å². The highest BCUT2D eigenvalue weighted by Crippen LogP contribution is 2.18.